The lowest BCUT2D eigenvalue weighted by atomic mass is 10.2. The monoisotopic (exact) mass is 216 g/mol. The molecule has 0 atom stereocenters. The Kier molecular flexibility index (Phi) is 2.72. The summed E-state index contributed by atoms with van der Waals surface area (Å²) in [5.74, 6) is -0.892. The van der Waals surface area contributed by atoms with E-state index < -0.39 is 5.97 Å². The Balaban J connectivity index is 2.32. The van der Waals surface area contributed by atoms with Gasteiger partial charge in [0.1, 0.15) is 5.69 Å². The molecular formula is C12H12N2O2. The number of carboxylic acid groups (broad SMARTS) is 1. The second-order valence-electron chi connectivity index (χ2n) is 3.64. The van der Waals surface area contributed by atoms with E-state index in [2.05, 4.69) is 4.98 Å². The normalized spacial score (nSPS) is 10.3. The zero-order valence-electron chi connectivity index (χ0n) is 8.92. The van der Waals surface area contributed by atoms with Crippen molar-refractivity contribution < 1.29 is 9.90 Å². The Morgan fingerprint density at radius 2 is 2.06 bits per heavy atom. The van der Waals surface area contributed by atoms with Gasteiger partial charge in [0.25, 0.3) is 0 Å². The number of aromatic nitrogens is 2. The van der Waals surface area contributed by atoms with E-state index in [0.717, 1.165) is 11.1 Å². The van der Waals surface area contributed by atoms with Crippen molar-refractivity contribution in [2.24, 2.45) is 0 Å². The van der Waals surface area contributed by atoms with Crippen molar-refractivity contribution in [3.63, 3.8) is 0 Å². The average Bonchev–Trinajstić information content (AvgIpc) is 2.61. The van der Waals surface area contributed by atoms with E-state index in [0.29, 0.717) is 12.2 Å². The highest BCUT2D eigenvalue weighted by Gasteiger charge is 2.12. The summed E-state index contributed by atoms with van der Waals surface area (Å²) in [6.07, 6.45) is 5.19. The number of carboxylic acids is 1. The first-order valence-electron chi connectivity index (χ1n) is 4.96. The summed E-state index contributed by atoms with van der Waals surface area (Å²) in [5.41, 5.74) is 2.16. The van der Waals surface area contributed by atoms with Crippen molar-refractivity contribution in [3.05, 3.63) is 53.6 Å². The third-order valence-electron chi connectivity index (χ3n) is 2.47. The highest BCUT2D eigenvalue weighted by molar-refractivity contribution is 5.87. The number of hydrogen-bond donors (Lipinski definition) is 1. The minimum Gasteiger partial charge on any atom is -0.477 e. The number of hydrogen-bond acceptors (Lipinski definition) is 2. The third kappa shape index (κ3) is 1.95. The van der Waals surface area contributed by atoms with Crippen LogP contribution in [0.5, 0.6) is 0 Å². The second-order valence-corrected chi connectivity index (χ2v) is 3.64. The number of rotatable bonds is 3. The molecule has 16 heavy (non-hydrogen) atoms. The molecule has 4 heteroatoms. The van der Waals surface area contributed by atoms with Gasteiger partial charge in [-0.3, -0.25) is 4.98 Å². The van der Waals surface area contributed by atoms with E-state index in [-0.39, 0.29) is 0 Å². The van der Waals surface area contributed by atoms with Crippen LogP contribution in [-0.4, -0.2) is 20.6 Å². The fourth-order valence-corrected chi connectivity index (χ4v) is 1.69. The zero-order chi connectivity index (χ0) is 11.5. The van der Waals surface area contributed by atoms with Gasteiger partial charge in [-0.1, -0.05) is 0 Å². The van der Waals surface area contributed by atoms with Crippen LogP contribution in [0.3, 0.4) is 0 Å². The fraction of sp³-hybridized carbons (Fsp3) is 0.167. The van der Waals surface area contributed by atoms with Gasteiger partial charge in [0.2, 0.25) is 0 Å². The van der Waals surface area contributed by atoms with E-state index in [1.165, 1.54) is 0 Å². The van der Waals surface area contributed by atoms with Crippen LogP contribution >= 0.6 is 0 Å². The lowest BCUT2D eigenvalue weighted by molar-refractivity contribution is 0.0685. The molecule has 4 nitrogen and oxygen atoms in total. The van der Waals surface area contributed by atoms with Crippen molar-refractivity contribution in [2.45, 2.75) is 13.5 Å². The summed E-state index contributed by atoms with van der Waals surface area (Å²) < 4.78 is 1.73. The molecule has 0 aliphatic carbocycles. The van der Waals surface area contributed by atoms with Gasteiger partial charge in [-0.2, -0.15) is 0 Å². The molecule has 2 heterocycles. The number of carbonyl (C=O) groups is 1. The lowest BCUT2D eigenvalue weighted by Crippen LogP contribution is -2.09. The number of pyridine rings is 1. The zero-order valence-corrected chi connectivity index (χ0v) is 8.92. The Hall–Kier alpha value is -2.10. The summed E-state index contributed by atoms with van der Waals surface area (Å²) in [6.45, 7) is 2.35. The first-order chi connectivity index (χ1) is 7.68. The molecular weight excluding hydrogens is 204 g/mol. The van der Waals surface area contributed by atoms with Gasteiger partial charge < -0.3 is 9.67 Å². The molecule has 0 spiro atoms. The van der Waals surface area contributed by atoms with Gasteiger partial charge >= 0.3 is 5.97 Å². The van der Waals surface area contributed by atoms with Crippen molar-refractivity contribution in [2.75, 3.05) is 0 Å². The SMILES string of the molecule is Cc1ccn(Cc2ccncc2)c1C(=O)O. The molecule has 0 fully saturated rings. The van der Waals surface area contributed by atoms with Crippen LogP contribution in [-0.2, 0) is 6.54 Å². The molecule has 2 rings (SSSR count). The summed E-state index contributed by atoms with van der Waals surface area (Å²) in [4.78, 5) is 15.0. The molecule has 0 saturated carbocycles. The molecule has 0 bridgehead atoms. The van der Waals surface area contributed by atoms with Crippen molar-refractivity contribution in [1.82, 2.24) is 9.55 Å². The predicted molar refractivity (Wildman–Crippen MR) is 59.5 cm³/mol. The third-order valence-corrected chi connectivity index (χ3v) is 2.47. The van der Waals surface area contributed by atoms with Crippen LogP contribution in [0.4, 0.5) is 0 Å². The molecule has 0 radical (unpaired) electrons. The molecule has 0 saturated heterocycles. The van der Waals surface area contributed by atoms with Crippen LogP contribution in [0.1, 0.15) is 21.6 Å². The molecule has 0 amide bonds. The predicted octanol–water partition coefficient (Wildman–Crippen LogP) is 1.94. The van der Waals surface area contributed by atoms with E-state index in [1.807, 2.05) is 18.2 Å². The highest BCUT2D eigenvalue weighted by Crippen LogP contribution is 2.12. The Morgan fingerprint density at radius 1 is 1.38 bits per heavy atom. The smallest absolute Gasteiger partial charge is 0.352 e. The van der Waals surface area contributed by atoms with E-state index in [1.54, 1.807) is 30.1 Å². The first kappa shape index (κ1) is 10.4. The van der Waals surface area contributed by atoms with Gasteiger partial charge in [0, 0.05) is 25.1 Å². The molecule has 2 aromatic heterocycles. The average molecular weight is 216 g/mol. The van der Waals surface area contributed by atoms with Gasteiger partial charge in [-0.05, 0) is 36.2 Å². The topological polar surface area (TPSA) is 55.1 Å². The van der Waals surface area contributed by atoms with Gasteiger partial charge in [-0.25, -0.2) is 4.79 Å². The van der Waals surface area contributed by atoms with E-state index in [4.69, 9.17) is 5.11 Å². The minimum atomic E-state index is -0.892. The molecule has 0 aliphatic heterocycles. The van der Waals surface area contributed by atoms with Crippen LogP contribution in [0.25, 0.3) is 0 Å². The van der Waals surface area contributed by atoms with Gasteiger partial charge in [0.15, 0.2) is 0 Å². The number of nitrogens with zero attached hydrogens (tertiary/aromatic N) is 2. The highest BCUT2D eigenvalue weighted by atomic mass is 16.4. The van der Waals surface area contributed by atoms with E-state index >= 15 is 0 Å². The molecule has 0 unspecified atom stereocenters. The van der Waals surface area contributed by atoms with Crippen LogP contribution in [0, 0.1) is 6.92 Å². The Labute approximate surface area is 93.2 Å². The summed E-state index contributed by atoms with van der Waals surface area (Å²) in [7, 11) is 0. The second kappa shape index (κ2) is 4.18. The maximum atomic E-state index is 11.1. The molecule has 0 aromatic carbocycles. The van der Waals surface area contributed by atoms with Gasteiger partial charge in [-0.15, -0.1) is 0 Å². The standard InChI is InChI=1S/C12H12N2O2/c1-9-4-7-14(11(9)12(15)16)8-10-2-5-13-6-3-10/h2-7H,8H2,1H3,(H,15,16). The largest absolute Gasteiger partial charge is 0.477 e. The van der Waals surface area contributed by atoms with Gasteiger partial charge in [0.05, 0.1) is 0 Å². The maximum Gasteiger partial charge on any atom is 0.352 e. The summed E-state index contributed by atoms with van der Waals surface area (Å²) >= 11 is 0. The lowest BCUT2D eigenvalue weighted by Gasteiger charge is -2.06. The Morgan fingerprint density at radius 3 is 2.69 bits per heavy atom. The number of aryl methyl sites for hydroxylation is 1. The minimum absolute atomic E-state index is 0.344. The Bertz CT molecular complexity index is 503. The summed E-state index contributed by atoms with van der Waals surface area (Å²) in [5, 5.41) is 9.08. The molecule has 0 aliphatic rings. The van der Waals surface area contributed by atoms with Crippen molar-refractivity contribution >= 4 is 5.97 Å². The van der Waals surface area contributed by atoms with Crippen LogP contribution in [0.2, 0.25) is 0 Å². The molecule has 2 aromatic rings. The van der Waals surface area contributed by atoms with Crippen molar-refractivity contribution in [1.29, 1.82) is 0 Å². The quantitative estimate of drug-likeness (QED) is 0.853. The van der Waals surface area contributed by atoms with Crippen LogP contribution in [0.15, 0.2) is 36.8 Å². The number of aromatic carboxylic acids is 1. The molecule has 1 N–H and O–H groups in total. The fourth-order valence-electron chi connectivity index (χ4n) is 1.69. The molecule has 82 valence electrons. The van der Waals surface area contributed by atoms with Crippen molar-refractivity contribution in [3.8, 4) is 0 Å². The maximum absolute atomic E-state index is 11.1. The van der Waals surface area contributed by atoms with E-state index in [9.17, 15) is 4.79 Å². The summed E-state index contributed by atoms with van der Waals surface area (Å²) in [6, 6.07) is 5.56. The first-order valence-corrected chi connectivity index (χ1v) is 4.96. The van der Waals surface area contributed by atoms with Crippen LogP contribution < -0.4 is 0 Å².